The Morgan fingerprint density at radius 3 is 2.72 bits per heavy atom. The molecule has 0 aliphatic heterocycles. The van der Waals surface area contributed by atoms with Crippen LogP contribution in [0.5, 0.6) is 5.75 Å². The molecule has 1 heterocycles. The predicted octanol–water partition coefficient (Wildman–Crippen LogP) is 3.38. The first kappa shape index (κ1) is 17.2. The molecule has 4 nitrogen and oxygen atoms in total. The van der Waals surface area contributed by atoms with E-state index in [0.29, 0.717) is 13.2 Å². The number of rotatable bonds is 7. The fourth-order valence-electron chi connectivity index (χ4n) is 2.86. The maximum atomic E-state index is 12.6. The lowest BCUT2D eigenvalue weighted by atomic mass is 10.1. The summed E-state index contributed by atoms with van der Waals surface area (Å²) < 4.78 is 7.56. The van der Waals surface area contributed by atoms with Crippen LogP contribution < -0.4 is 10.3 Å². The molecule has 0 saturated heterocycles. The van der Waals surface area contributed by atoms with Crippen LogP contribution in [0.15, 0.2) is 65.6 Å². The Morgan fingerprint density at radius 2 is 1.88 bits per heavy atom. The second kappa shape index (κ2) is 7.99. The number of ether oxygens (including phenoxy) is 1. The minimum absolute atomic E-state index is 0.0374. The van der Waals surface area contributed by atoms with Crippen LogP contribution >= 0.6 is 0 Å². The molecule has 3 rings (SSSR count). The molecule has 0 amide bonds. The van der Waals surface area contributed by atoms with Gasteiger partial charge in [0.25, 0.3) is 5.56 Å². The lowest BCUT2D eigenvalue weighted by Crippen LogP contribution is -2.20. The number of hydrogen-bond acceptors (Lipinski definition) is 3. The summed E-state index contributed by atoms with van der Waals surface area (Å²) >= 11 is 0. The van der Waals surface area contributed by atoms with Gasteiger partial charge >= 0.3 is 0 Å². The Hall–Kier alpha value is -2.59. The second-order valence-corrected chi connectivity index (χ2v) is 6.49. The molecule has 2 aromatic carbocycles. The Balaban J connectivity index is 1.72. The molecule has 0 unspecified atom stereocenters. The van der Waals surface area contributed by atoms with Gasteiger partial charge in [0.1, 0.15) is 5.75 Å². The first-order valence-corrected chi connectivity index (χ1v) is 8.58. The van der Waals surface area contributed by atoms with Crippen molar-refractivity contribution in [3.05, 3.63) is 76.7 Å². The molecule has 1 aromatic heterocycles. The molecule has 0 N–H and O–H groups in total. The van der Waals surface area contributed by atoms with Crippen molar-refractivity contribution in [1.29, 1.82) is 0 Å². The molecule has 0 fully saturated rings. The van der Waals surface area contributed by atoms with E-state index in [1.807, 2.05) is 60.8 Å². The fourth-order valence-corrected chi connectivity index (χ4v) is 2.86. The summed E-state index contributed by atoms with van der Waals surface area (Å²) in [5.74, 6) is 0.852. The van der Waals surface area contributed by atoms with Gasteiger partial charge in [-0.25, -0.2) is 0 Å². The van der Waals surface area contributed by atoms with Gasteiger partial charge in [0.05, 0.1) is 13.2 Å². The van der Waals surface area contributed by atoms with E-state index in [4.69, 9.17) is 4.74 Å². The fraction of sp³-hybridized carbons (Fsp3) is 0.286. The molecule has 3 aromatic rings. The largest absolute Gasteiger partial charge is 0.494 e. The van der Waals surface area contributed by atoms with E-state index < -0.39 is 0 Å². The lowest BCUT2D eigenvalue weighted by Gasteiger charge is -2.12. The van der Waals surface area contributed by atoms with Crippen LogP contribution in [0.3, 0.4) is 0 Å². The third kappa shape index (κ3) is 4.48. The summed E-state index contributed by atoms with van der Waals surface area (Å²) in [6, 6.07) is 17.6. The van der Waals surface area contributed by atoms with Crippen molar-refractivity contribution in [3.8, 4) is 5.75 Å². The average Bonchev–Trinajstić information content (AvgIpc) is 2.62. The number of pyridine rings is 1. The van der Waals surface area contributed by atoms with Gasteiger partial charge in [-0.05, 0) is 55.7 Å². The van der Waals surface area contributed by atoms with E-state index in [1.165, 1.54) is 0 Å². The van der Waals surface area contributed by atoms with Crippen molar-refractivity contribution < 1.29 is 4.74 Å². The summed E-state index contributed by atoms with van der Waals surface area (Å²) in [7, 11) is 4.11. The Labute approximate surface area is 148 Å². The molecule has 0 bridgehead atoms. The number of benzene rings is 2. The van der Waals surface area contributed by atoms with Gasteiger partial charge < -0.3 is 14.2 Å². The second-order valence-electron chi connectivity index (χ2n) is 6.49. The molecule has 0 aliphatic carbocycles. The zero-order valence-electron chi connectivity index (χ0n) is 14.8. The third-order valence-corrected chi connectivity index (χ3v) is 4.16. The van der Waals surface area contributed by atoms with Crippen molar-refractivity contribution in [1.82, 2.24) is 9.47 Å². The van der Waals surface area contributed by atoms with Gasteiger partial charge in [-0.15, -0.1) is 0 Å². The molecule has 0 spiro atoms. The van der Waals surface area contributed by atoms with Crippen LogP contribution in [0, 0.1) is 0 Å². The molecule has 130 valence electrons. The highest BCUT2D eigenvalue weighted by atomic mass is 16.5. The average molecular weight is 336 g/mol. The first-order valence-electron chi connectivity index (χ1n) is 8.58. The zero-order chi connectivity index (χ0) is 17.6. The highest BCUT2D eigenvalue weighted by molar-refractivity contribution is 5.81. The summed E-state index contributed by atoms with van der Waals surface area (Å²) in [6.07, 6.45) is 2.84. The highest BCUT2D eigenvalue weighted by Gasteiger charge is 2.04. The molecular weight excluding hydrogens is 312 g/mol. The van der Waals surface area contributed by atoms with Crippen molar-refractivity contribution in [2.24, 2.45) is 0 Å². The van der Waals surface area contributed by atoms with Crippen LogP contribution in [0.25, 0.3) is 10.8 Å². The van der Waals surface area contributed by atoms with E-state index in [0.717, 1.165) is 35.1 Å². The Kier molecular flexibility index (Phi) is 5.51. The van der Waals surface area contributed by atoms with Crippen molar-refractivity contribution in [2.75, 3.05) is 27.2 Å². The van der Waals surface area contributed by atoms with E-state index in [2.05, 4.69) is 19.0 Å². The molecule has 0 saturated carbocycles. The van der Waals surface area contributed by atoms with E-state index >= 15 is 0 Å². The van der Waals surface area contributed by atoms with Crippen molar-refractivity contribution >= 4 is 10.8 Å². The van der Waals surface area contributed by atoms with Crippen molar-refractivity contribution in [3.63, 3.8) is 0 Å². The van der Waals surface area contributed by atoms with Gasteiger partial charge in [0.15, 0.2) is 0 Å². The number of fused-ring (bicyclic) bond motifs is 1. The Bertz CT molecular complexity index is 900. The minimum Gasteiger partial charge on any atom is -0.494 e. The monoisotopic (exact) mass is 336 g/mol. The summed E-state index contributed by atoms with van der Waals surface area (Å²) in [5, 5.41) is 1.72. The van der Waals surface area contributed by atoms with Crippen LogP contribution in [-0.2, 0) is 6.54 Å². The molecule has 0 atom stereocenters. The maximum absolute atomic E-state index is 12.6. The third-order valence-electron chi connectivity index (χ3n) is 4.16. The van der Waals surface area contributed by atoms with Gasteiger partial charge in [-0.2, -0.15) is 0 Å². The van der Waals surface area contributed by atoms with Crippen LogP contribution in [-0.4, -0.2) is 36.7 Å². The number of hydrogen-bond donors (Lipinski definition) is 0. The maximum Gasteiger partial charge on any atom is 0.258 e. The predicted molar refractivity (Wildman–Crippen MR) is 102 cm³/mol. The standard InChI is InChI=1S/C21H24N2O2/c1-22(2)12-6-14-25-19-9-5-7-17(15-19)16-23-13-11-18-8-3-4-10-20(18)21(23)24/h3-5,7-11,13,15H,6,12,14,16H2,1-2H3. The van der Waals surface area contributed by atoms with Gasteiger partial charge in [-0.3, -0.25) is 4.79 Å². The normalized spacial score (nSPS) is 11.2. The molecule has 0 radical (unpaired) electrons. The van der Waals surface area contributed by atoms with E-state index in [9.17, 15) is 4.79 Å². The van der Waals surface area contributed by atoms with Gasteiger partial charge in [0.2, 0.25) is 0 Å². The quantitative estimate of drug-likeness (QED) is 0.620. The summed E-state index contributed by atoms with van der Waals surface area (Å²) in [5.41, 5.74) is 1.10. The lowest BCUT2D eigenvalue weighted by molar-refractivity contribution is 0.281. The smallest absolute Gasteiger partial charge is 0.258 e. The summed E-state index contributed by atoms with van der Waals surface area (Å²) in [4.78, 5) is 14.8. The SMILES string of the molecule is CN(C)CCCOc1cccc(Cn2ccc3ccccc3c2=O)c1. The molecule has 4 heteroatoms. The van der Waals surface area contributed by atoms with E-state index in [-0.39, 0.29) is 5.56 Å². The van der Waals surface area contributed by atoms with Crippen LogP contribution in [0.4, 0.5) is 0 Å². The van der Waals surface area contributed by atoms with E-state index in [1.54, 1.807) is 4.57 Å². The summed E-state index contributed by atoms with van der Waals surface area (Å²) in [6.45, 7) is 2.24. The molecule has 0 aliphatic rings. The number of nitrogens with zero attached hydrogens (tertiary/aromatic N) is 2. The van der Waals surface area contributed by atoms with Gasteiger partial charge in [0, 0.05) is 18.1 Å². The van der Waals surface area contributed by atoms with Crippen LogP contribution in [0.2, 0.25) is 0 Å². The van der Waals surface area contributed by atoms with Gasteiger partial charge in [-0.1, -0.05) is 30.3 Å². The minimum atomic E-state index is 0.0374. The zero-order valence-corrected chi connectivity index (χ0v) is 14.8. The molecular formula is C21H24N2O2. The topological polar surface area (TPSA) is 34.5 Å². The number of aromatic nitrogens is 1. The molecule has 25 heavy (non-hydrogen) atoms. The first-order chi connectivity index (χ1) is 12.1. The highest BCUT2D eigenvalue weighted by Crippen LogP contribution is 2.15. The van der Waals surface area contributed by atoms with Crippen LogP contribution in [0.1, 0.15) is 12.0 Å². The van der Waals surface area contributed by atoms with Crippen molar-refractivity contribution in [2.45, 2.75) is 13.0 Å². The Morgan fingerprint density at radius 1 is 1.04 bits per heavy atom.